The van der Waals surface area contributed by atoms with E-state index in [4.69, 9.17) is 5.11 Å². The van der Waals surface area contributed by atoms with Gasteiger partial charge in [0.25, 0.3) is 0 Å². The van der Waals surface area contributed by atoms with Crippen LogP contribution in [0, 0.1) is 0 Å². The Labute approximate surface area is 65.9 Å². The molecule has 0 aromatic carbocycles. The molecule has 0 aliphatic carbocycles. The molecule has 0 aromatic heterocycles. The number of nitrogens with one attached hydrogen (secondary N) is 1. The van der Waals surface area contributed by atoms with Gasteiger partial charge in [-0.15, -0.1) is 0 Å². The Morgan fingerprint density at radius 1 is 1.27 bits per heavy atom. The van der Waals surface area contributed by atoms with E-state index >= 15 is 0 Å². The molecule has 64 valence electrons. The van der Waals surface area contributed by atoms with Gasteiger partial charge in [-0.3, -0.25) is 4.79 Å². The number of carbonyl (C=O) groups is 2. The second-order valence-electron chi connectivity index (χ2n) is 1.29. The van der Waals surface area contributed by atoms with Gasteiger partial charge >= 0.3 is 5.97 Å². The average molecular weight is 159 g/mol. The van der Waals surface area contributed by atoms with Crippen molar-refractivity contribution in [3.05, 3.63) is 12.2 Å². The lowest BCUT2D eigenvalue weighted by Crippen LogP contribution is -2.14. The first-order valence-corrected chi connectivity index (χ1v) is 3.29. The summed E-state index contributed by atoms with van der Waals surface area (Å²) in [7, 11) is 1.43. The maximum atomic E-state index is 10.3. The van der Waals surface area contributed by atoms with Crippen LogP contribution in [0.3, 0.4) is 0 Å². The molecule has 0 aliphatic heterocycles. The van der Waals surface area contributed by atoms with Crippen molar-refractivity contribution < 1.29 is 14.7 Å². The summed E-state index contributed by atoms with van der Waals surface area (Å²) in [5.74, 6) is -1.55. The van der Waals surface area contributed by atoms with Crippen LogP contribution in [0.15, 0.2) is 12.2 Å². The van der Waals surface area contributed by atoms with E-state index in [0.29, 0.717) is 0 Å². The van der Waals surface area contributed by atoms with Gasteiger partial charge in [-0.05, 0) is 0 Å². The van der Waals surface area contributed by atoms with Crippen LogP contribution in [0.4, 0.5) is 0 Å². The van der Waals surface area contributed by atoms with Crippen LogP contribution < -0.4 is 5.32 Å². The van der Waals surface area contributed by atoms with Crippen molar-refractivity contribution in [2.24, 2.45) is 0 Å². The summed E-state index contributed by atoms with van der Waals surface area (Å²) in [5, 5.41) is 10.2. The summed E-state index contributed by atoms with van der Waals surface area (Å²) in [4.78, 5) is 20.0. The zero-order valence-electron chi connectivity index (χ0n) is 6.92. The molecule has 1 amide bonds. The van der Waals surface area contributed by atoms with Crippen molar-refractivity contribution in [2.45, 2.75) is 13.8 Å². The van der Waals surface area contributed by atoms with Gasteiger partial charge < -0.3 is 10.4 Å². The molecule has 0 heterocycles. The van der Waals surface area contributed by atoms with Gasteiger partial charge in [0.15, 0.2) is 0 Å². The molecule has 0 bridgehead atoms. The highest BCUT2D eigenvalue weighted by atomic mass is 16.4. The van der Waals surface area contributed by atoms with Crippen LogP contribution in [-0.4, -0.2) is 24.0 Å². The first kappa shape index (κ1) is 12.4. The van der Waals surface area contributed by atoms with Crippen LogP contribution in [0.2, 0.25) is 0 Å². The fourth-order valence-corrected chi connectivity index (χ4v) is 0.230. The fraction of sp³-hybridized carbons (Fsp3) is 0.429. The van der Waals surface area contributed by atoms with Gasteiger partial charge in [-0.1, -0.05) is 13.8 Å². The SMILES string of the molecule is CC.CNC(=O)/C=C\C(=O)O. The van der Waals surface area contributed by atoms with Crippen molar-refractivity contribution >= 4 is 11.9 Å². The molecule has 0 unspecified atom stereocenters. The minimum atomic E-state index is -1.13. The summed E-state index contributed by atoms with van der Waals surface area (Å²) in [6.07, 6.45) is 1.72. The standard InChI is InChI=1S/C5H7NO3.C2H6/c1-6-4(7)2-3-5(8)9;1-2/h2-3H,1H3,(H,6,7)(H,8,9);1-2H3/b3-2-;. The number of amides is 1. The van der Waals surface area contributed by atoms with E-state index in [2.05, 4.69) is 5.32 Å². The number of rotatable bonds is 2. The number of hydrogen-bond donors (Lipinski definition) is 2. The van der Waals surface area contributed by atoms with Crippen molar-refractivity contribution in [3.8, 4) is 0 Å². The third-order valence-electron chi connectivity index (χ3n) is 0.624. The molecule has 0 rings (SSSR count). The van der Waals surface area contributed by atoms with Gasteiger partial charge in [0.05, 0.1) is 0 Å². The summed E-state index contributed by atoms with van der Waals surface area (Å²) in [6.45, 7) is 4.00. The third kappa shape index (κ3) is 12.0. The Morgan fingerprint density at radius 2 is 1.73 bits per heavy atom. The van der Waals surface area contributed by atoms with Crippen LogP contribution in [-0.2, 0) is 9.59 Å². The molecule has 11 heavy (non-hydrogen) atoms. The van der Waals surface area contributed by atoms with Crippen molar-refractivity contribution in [1.82, 2.24) is 5.32 Å². The number of carbonyl (C=O) groups excluding carboxylic acids is 1. The highest BCUT2D eigenvalue weighted by Crippen LogP contribution is 1.71. The zero-order chi connectivity index (χ0) is 9.28. The first-order valence-electron chi connectivity index (χ1n) is 3.29. The molecule has 0 aromatic rings. The van der Waals surface area contributed by atoms with Gasteiger partial charge in [-0.2, -0.15) is 0 Å². The van der Waals surface area contributed by atoms with E-state index in [-0.39, 0.29) is 0 Å². The second-order valence-corrected chi connectivity index (χ2v) is 1.29. The minimum absolute atomic E-state index is 0.419. The zero-order valence-corrected chi connectivity index (χ0v) is 6.92. The third-order valence-corrected chi connectivity index (χ3v) is 0.624. The molecule has 4 heteroatoms. The molecule has 0 spiro atoms. The van der Waals surface area contributed by atoms with E-state index in [1.807, 2.05) is 13.8 Å². The summed E-state index contributed by atoms with van der Waals surface area (Å²) >= 11 is 0. The highest BCUT2D eigenvalue weighted by Gasteiger charge is 1.89. The molecule has 2 N–H and O–H groups in total. The van der Waals surface area contributed by atoms with E-state index in [0.717, 1.165) is 12.2 Å². The van der Waals surface area contributed by atoms with Crippen LogP contribution in [0.25, 0.3) is 0 Å². The molecular formula is C7H13NO3. The summed E-state index contributed by atoms with van der Waals surface area (Å²) < 4.78 is 0. The lowest BCUT2D eigenvalue weighted by atomic mass is 10.5. The quantitative estimate of drug-likeness (QED) is 0.573. The Morgan fingerprint density at radius 3 is 2.00 bits per heavy atom. The first-order chi connectivity index (χ1) is 5.16. The Bertz CT molecular complexity index is 152. The van der Waals surface area contributed by atoms with Crippen LogP contribution in [0.5, 0.6) is 0 Å². The predicted molar refractivity (Wildman–Crippen MR) is 42.2 cm³/mol. The summed E-state index contributed by atoms with van der Waals surface area (Å²) in [5.41, 5.74) is 0. The number of carboxylic acid groups (broad SMARTS) is 1. The Kier molecular flexibility index (Phi) is 9.76. The van der Waals surface area contributed by atoms with E-state index in [9.17, 15) is 9.59 Å². The normalized spacial score (nSPS) is 8.27. The molecule has 0 radical (unpaired) electrons. The molecular weight excluding hydrogens is 146 g/mol. The molecule has 0 fully saturated rings. The van der Waals surface area contributed by atoms with Crippen molar-refractivity contribution in [1.29, 1.82) is 0 Å². The maximum Gasteiger partial charge on any atom is 0.328 e. The second kappa shape index (κ2) is 8.68. The van der Waals surface area contributed by atoms with E-state index in [1.165, 1.54) is 7.05 Å². The highest BCUT2D eigenvalue weighted by molar-refractivity contribution is 5.93. The van der Waals surface area contributed by atoms with Gasteiger partial charge in [0.2, 0.25) is 5.91 Å². The molecule has 0 atom stereocenters. The van der Waals surface area contributed by atoms with Crippen molar-refractivity contribution in [2.75, 3.05) is 7.05 Å². The average Bonchev–Trinajstić information content (AvgIpc) is 2.04. The Hall–Kier alpha value is -1.32. The van der Waals surface area contributed by atoms with Gasteiger partial charge in [0, 0.05) is 19.2 Å². The van der Waals surface area contributed by atoms with Gasteiger partial charge in [0.1, 0.15) is 0 Å². The molecule has 4 nitrogen and oxygen atoms in total. The predicted octanol–water partition coefficient (Wildman–Crippen LogP) is 0.399. The Balaban J connectivity index is 0. The number of hydrogen-bond acceptors (Lipinski definition) is 2. The fourth-order valence-electron chi connectivity index (χ4n) is 0.230. The number of likely N-dealkylation sites (N-methyl/N-ethyl adjacent to an activating group) is 1. The largest absolute Gasteiger partial charge is 0.478 e. The number of aliphatic carboxylic acids is 1. The monoisotopic (exact) mass is 159 g/mol. The lowest BCUT2D eigenvalue weighted by molar-refractivity contribution is -0.131. The topological polar surface area (TPSA) is 66.4 Å². The number of carboxylic acids is 1. The lowest BCUT2D eigenvalue weighted by Gasteiger charge is -1.85. The van der Waals surface area contributed by atoms with E-state index < -0.39 is 11.9 Å². The van der Waals surface area contributed by atoms with Crippen molar-refractivity contribution in [3.63, 3.8) is 0 Å². The summed E-state index contributed by atoms with van der Waals surface area (Å²) in [6, 6.07) is 0. The van der Waals surface area contributed by atoms with Crippen LogP contribution in [0.1, 0.15) is 13.8 Å². The minimum Gasteiger partial charge on any atom is -0.478 e. The van der Waals surface area contributed by atoms with E-state index in [1.54, 1.807) is 0 Å². The van der Waals surface area contributed by atoms with Crippen LogP contribution >= 0.6 is 0 Å². The molecule has 0 saturated heterocycles. The smallest absolute Gasteiger partial charge is 0.328 e. The molecule has 0 aliphatic rings. The van der Waals surface area contributed by atoms with Gasteiger partial charge in [-0.25, -0.2) is 4.79 Å². The molecule has 0 saturated carbocycles. The maximum absolute atomic E-state index is 10.3.